The summed E-state index contributed by atoms with van der Waals surface area (Å²) in [6.45, 7) is 4.83. The Morgan fingerprint density at radius 1 is 1.13 bits per heavy atom. The van der Waals surface area contributed by atoms with E-state index >= 15 is 0 Å². The molecule has 0 saturated carbocycles. The Morgan fingerprint density at radius 2 is 1.72 bits per heavy atom. The average Bonchev–Trinajstić information content (AvgIpc) is 3.20. The Balaban J connectivity index is 0.000000532. The molecule has 0 aliphatic carbocycles. The molecule has 1 spiro atoms. The molecular formula is C28H29F4N3O4. The van der Waals surface area contributed by atoms with Gasteiger partial charge in [-0.05, 0) is 62.7 Å². The summed E-state index contributed by atoms with van der Waals surface area (Å²) in [5.41, 5.74) is 1.38. The number of nitrogens with one attached hydrogen (secondary N) is 2. The zero-order valence-corrected chi connectivity index (χ0v) is 21.2. The lowest BCUT2D eigenvalue weighted by molar-refractivity contribution is -0.192. The summed E-state index contributed by atoms with van der Waals surface area (Å²) in [6.07, 6.45) is -3.59. The van der Waals surface area contributed by atoms with Crippen LogP contribution in [0, 0.1) is 23.1 Å². The number of benzene rings is 2. The summed E-state index contributed by atoms with van der Waals surface area (Å²) in [6, 6.07) is 15.9. The second-order valence-electron chi connectivity index (χ2n) is 9.56. The minimum absolute atomic E-state index is 0.0491. The molecule has 39 heavy (non-hydrogen) atoms. The van der Waals surface area contributed by atoms with Crippen LogP contribution in [0.2, 0.25) is 0 Å². The summed E-state index contributed by atoms with van der Waals surface area (Å²) in [5, 5.41) is 13.1. The SMILES string of the molecule is C[C@@H](CN1CCC2(CC1)C(=O)NCC2c1ccc(F)cc1)NC(=O)C#Cc1ccccc1.O=C(O)C(F)(F)F. The van der Waals surface area contributed by atoms with Gasteiger partial charge in [-0.15, -0.1) is 0 Å². The number of carboxylic acid groups (broad SMARTS) is 1. The van der Waals surface area contributed by atoms with E-state index in [0.717, 1.165) is 37.1 Å². The van der Waals surface area contributed by atoms with Crippen LogP contribution in [0.3, 0.4) is 0 Å². The highest BCUT2D eigenvalue weighted by atomic mass is 19.4. The van der Waals surface area contributed by atoms with Crippen molar-refractivity contribution in [1.29, 1.82) is 0 Å². The number of halogens is 4. The lowest BCUT2D eigenvalue weighted by Crippen LogP contribution is -2.49. The summed E-state index contributed by atoms with van der Waals surface area (Å²) in [4.78, 5) is 36.1. The van der Waals surface area contributed by atoms with Gasteiger partial charge in [0.05, 0.1) is 5.41 Å². The number of carbonyl (C=O) groups is 3. The maximum atomic E-state index is 13.4. The zero-order valence-electron chi connectivity index (χ0n) is 21.2. The van der Waals surface area contributed by atoms with Crippen molar-refractivity contribution in [1.82, 2.24) is 15.5 Å². The van der Waals surface area contributed by atoms with Gasteiger partial charge >= 0.3 is 12.1 Å². The van der Waals surface area contributed by atoms with E-state index in [2.05, 4.69) is 27.4 Å². The average molecular weight is 548 g/mol. The minimum Gasteiger partial charge on any atom is -0.475 e. The van der Waals surface area contributed by atoms with Crippen LogP contribution in [0.5, 0.6) is 0 Å². The van der Waals surface area contributed by atoms with Crippen LogP contribution < -0.4 is 10.6 Å². The predicted molar refractivity (Wildman–Crippen MR) is 135 cm³/mol. The fraction of sp³-hybridized carbons (Fsp3) is 0.393. The van der Waals surface area contributed by atoms with Crippen molar-refractivity contribution in [2.75, 3.05) is 26.2 Å². The van der Waals surface area contributed by atoms with Gasteiger partial charge in [-0.3, -0.25) is 9.59 Å². The molecule has 11 heteroatoms. The van der Waals surface area contributed by atoms with E-state index < -0.39 is 17.6 Å². The number of likely N-dealkylation sites (tertiary alicyclic amines) is 1. The van der Waals surface area contributed by atoms with Gasteiger partial charge in [0.2, 0.25) is 5.91 Å². The number of hydrogen-bond acceptors (Lipinski definition) is 4. The normalized spacial score (nSPS) is 19.1. The molecule has 2 saturated heterocycles. The molecule has 0 aromatic heterocycles. The lowest BCUT2D eigenvalue weighted by atomic mass is 9.68. The summed E-state index contributed by atoms with van der Waals surface area (Å²) < 4.78 is 45.1. The maximum absolute atomic E-state index is 13.4. The Kier molecular flexibility index (Phi) is 9.70. The van der Waals surface area contributed by atoms with Crippen molar-refractivity contribution in [3.63, 3.8) is 0 Å². The monoisotopic (exact) mass is 547 g/mol. The Labute approximate surface area is 223 Å². The first-order chi connectivity index (χ1) is 18.4. The standard InChI is InChI=1S/C26H28FN3O2.C2HF3O2/c1-19(29-24(31)12-7-20-5-3-2-4-6-20)18-30-15-13-26(14-16-30)23(17-28-25(26)32)21-8-10-22(27)11-9-21;3-2(4,5)1(6)7/h2-6,8-11,19,23H,13-18H2,1H3,(H,28,32)(H,29,31);(H,6,7)/t19-,23?;/m0./s1. The quantitative estimate of drug-likeness (QED) is 0.403. The van der Waals surface area contributed by atoms with Crippen molar-refractivity contribution in [3.05, 3.63) is 71.5 Å². The number of rotatable bonds is 4. The van der Waals surface area contributed by atoms with Gasteiger partial charge in [0.25, 0.3) is 5.91 Å². The van der Waals surface area contributed by atoms with Crippen LogP contribution in [0.4, 0.5) is 17.6 Å². The van der Waals surface area contributed by atoms with E-state index in [1.807, 2.05) is 37.3 Å². The van der Waals surface area contributed by atoms with Gasteiger partial charge in [-0.1, -0.05) is 36.3 Å². The van der Waals surface area contributed by atoms with Gasteiger partial charge in [0.15, 0.2) is 0 Å². The first kappa shape index (κ1) is 29.6. The minimum atomic E-state index is -5.08. The van der Waals surface area contributed by atoms with Crippen LogP contribution in [0.1, 0.15) is 36.8 Å². The zero-order chi connectivity index (χ0) is 28.6. The third kappa shape index (κ3) is 8.04. The highest BCUT2D eigenvalue weighted by molar-refractivity contribution is 5.94. The number of aliphatic carboxylic acids is 1. The lowest BCUT2D eigenvalue weighted by Gasteiger charge is -2.41. The van der Waals surface area contributed by atoms with Crippen molar-refractivity contribution < 1.29 is 37.1 Å². The number of carbonyl (C=O) groups excluding carboxylic acids is 2. The Bertz CT molecular complexity index is 1220. The largest absolute Gasteiger partial charge is 0.490 e. The molecular weight excluding hydrogens is 518 g/mol. The number of piperidine rings is 1. The molecule has 2 aromatic carbocycles. The molecule has 2 amide bonds. The van der Waals surface area contributed by atoms with E-state index in [0.29, 0.717) is 13.1 Å². The van der Waals surface area contributed by atoms with Gasteiger partial charge in [0, 0.05) is 36.5 Å². The number of carboxylic acids is 1. The molecule has 2 aromatic rings. The summed E-state index contributed by atoms with van der Waals surface area (Å²) >= 11 is 0. The van der Waals surface area contributed by atoms with E-state index in [1.165, 1.54) is 12.1 Å². The number of amides is 2. The van der Waals surface area contributed by atoms with E-state index in [1.54, 1.807) is 12.1 Å². The second-order valence-corrected chi connectivity index (χ2v) is 9.56. The van der Waals surface area contributed by atoms with Crippen LogP contribution in [0.25, 0.3) is 0 Å². The summed E-state index contributed by atoms with van der Waals surface area (Å²) in [7, 11) is 0. The third-order valence-electron chi connectivity index (χ3n) is 6.85. The molecule has 208 valence electrons. The maximum Gasteiger partial charge on any atom is 0.490 e. The molecule has 0 bridgehead atoms. The summed E-state index contributed by atoms with van der Waals surface area (Å²) in [5.74, 6) is 2.36. The van der Waals surface area contributed by atoms with Crippen molar-refractivity contribution in [2.24, 2.45) is 5.41 Å². The van der Waals surface area contributed by atoms with Crippen LogP contribution >= 0.6 is 0 Å². The van der Waals surface area contributed by atoms with E-state index in [4.69, 9.17) is 9.90 Å². The van der Waals surface area contributed by atoms with Crippen molar-refractivity contribution in [2.45, 2.75) is 37.9 Å². The van der Waals surface area contributed by atoms with Crippen LogP contribution in [0.15, 0.2) is 54.6 Å². The third-order valence-corrected chi connectivity index (χ3v) is 6.85. The molecule has 2 aliphatic rings. The highest BCUT2D eigenvalue weighted by Gasteiger charge is 2.51. The number of hydrogen-bond donors (Lipinski definition) is 3. The highest BCUT2D eigenvalue weighted by Crippen LogP contribution is 2.47. The van der Waals surface area contributed by atoms with Gasteiger partial charge in [-0.25, -0.2) is 9.18 Å². The number of nitrogens with zero attached hydrogens (tertiary/aromatic N) is 1. The molecule has 2 heterocycles. The molecule has 4 rings (SSSR count). The fourth-order valence-corrected chi connectivity index (χ4v) is 4.91. The Morgan fingerprint density at radius 3 is 2.28 bits per heavy atom. The molecule has 3 N–H and O–H groups in total. The molecule has 0 radical (unpaired) electrons. The molecule has 2 aliphatic heterocycles. The molecule has 2 fully saturated rings. The molecule has 2 atom stereocenters. The smallest absolute Gasteiger partial charge is 0.475 e. The molecule has 1 unspecified atom stereocenters. The predicted octanol–water partition coefficient (Wildman–Crippen LogP) is 3.31. The first-order valence-corrected chi connectivity index (χ1v) is 12.3. The van der Waals surface area contributed by atoms with Crippen molar-refractivity contribution >= 4 is 17.8 Å². The van der Waals surface area contributed by atoms with E-state index in [9.17, 15) is 27.2 Å². The molecule has 7 nitrogen and oxygen atoms in total. The van der Waals surface area contributed by atoms with Crippen molar-refractivity contribution in [3.8, 4) is 11.8 Å². The van der Waals surface area contributed by atoms with Crippen LogP contribution in [-0.2, 0) is 14.4 Å². The fourth-order valence-electron chi connectivity index (χ4n) is 4.91. The van der Waals surface area contributed by atoms with Gasteiger partial charge in [0.1, 0.15) is 5.82 Å². The van der Waals surface area contributed by atoms with Gasteiger partial charge < -0.3 is 20.6 Å². The first-order valence-electron chi connectivity index (χ1n) is 12.3. The topological polar surface area (TPSA) is 98.7 Å². The van der Waals surface area contributed by atoms with Crippen LogP contribution in [-0.4, -0.2) is 66.2 Å². The Hall–Kier alpha value is -3.91. The van der Waals surface area contributed by atoms with Gasteiger partial charge in [-0.2, -0.15) is 13.2 Å². The van der Waals surface area contributed by atoms with E-state index in [-0.39, 0.29) is 29.6 Å². The second kappa shape index (κ2) is 12.8. The number of alkyl halides is 3.